The van der Waals surface area contributed by atoms with E-state index in [9.17, 15) is 8.78 Å². The molecule has 88 valence electrons. The molecule has 1 aliphatic rings. The molecule has 0 radical (unpaired) electrons. The summed E-state index contributed by atoms with van der Waals surface area (Å²) in [6, 6.07) is 3.15. The standard InChI is InChI=1S/C13H17F2N/c1-8(2)5-10-6-11-9(7-16-10)3-4-12(14)13(11)15/h3-4,8,10,16H,5-7H2,1-2H3. The molecule has 0 amide bonds. The van der Waals surface area contributed by atoms with E-state index in [1.54, 1.807) is 6.07 Å². The molecule has 0 saturated heterocycles. The van der Waals surface area contributed by atoms with Crippen LogP contribution in [0.25, 0.3) is 0 Å². The molecule has 0 fully saturated rings. The van der Waals surface area contributed by atoms with Crippen LogP contribution in [0.4, 0.5) is 8.78 Å². The molecule has 1 unspecified atom stereocenters. The summed E-state index contributed by atoms with van der Waals surface area (Å²) in [6.45, 7) is 4.92. The van der Waals surface area contributed by atoms with Crippen LogP contribution in [0.1, 0.15) is 31.4 Å². The fourth-order valence-electron chi connectivity index (χ4n) is 2.33. The quantitative estimate of drug-likeness (QED) is 0.815. The minimum atomic E-state index is -0.732. The molecule has 16 heavy (non-hydrogen) atoms. The van der Waals surface area contributed by atoms with Crippen molar-refractivity contribution in [3.05, 3.63) is 34.9 Å². The normalized spacial score (nSPS) is 19.9. The van der Waals surface area contributed by atoms with Gasteiger partial charge >= 0.3 is 0 Å². The van der Waals surface area contributed by atoms with Crippen LogP contribution in [0.5, 0.6) is 0 Å². The number of hydrogen-bond donors (Lipinski definition) is 1. The summed E-state index contributed by atoms with van der Waals surface area (Å²) >= 11 is 0. The lowest BCUT2D eigenvalue weighted by Gasteiger charge is -2.27. The molecule has 3 heteroatoms. The van der Waals surface area contributed by atoms with Gasteiger partial charge in [0.1, 0.15) is 0 Å². The van der Waals surface area contributed by atoms with Crippen LogP contribution in [0.2, 0.25) is 0 Å². The van der Waals surface area contributed by atoms with Gasteiger partial charge < -0.3 is 5.32 Å². The van der Waals surface area contributed by atoms with Crippen LogP contribution in [0.15, 0.2) is 12.1 Å². The largest absolute Gasteiger partial charge is 0.310 e. The second-order valence-corrected chi connectivity index (χ2v) is 4.91. The maximum absolute atomic E-state index is 13.6. The first-order chi connectivity index (χ1) is 7.58. The van der Waals surface area contributed by atoms with Gasteiger partial charge in [0.2, 0.25) is 0 Å². The highest BCUT2D eigenvalue weighted by Gasteiger charge is 2.23. The van der Waals surface area contributed by atoms with Crippen molar-refractivity contribution in [1.29, 1.82) is 0 Å². The monoisotopic (exact) mass is 225 g/mol. The lowest BCUT2D eigenvalue weighted by atomic mass is 9.90. The highest BCUT2D eigenvalue weighted by Crippen LogP contribution is 2.24. The minimum Gasteiger partial charge on any atom is -0.310 e. The van der Waals surface area contributed by atoms with Crippen molar-refractivity contribution < 1.29 is 8.78 Å². The summed E-state index contributed by atoms with van der Waals surface area (Å²) < 4.78 is 26.7. The molecule has 1 aromatic carbocycles. The Bertz CT molecular complexity index is 388. The zero-order valence-corrected chi connectivity index (χ0v) is 9.69. The van der Waals surface area contributed by atoms with Gasteiger partial charge in [-0.1, -0.05) is 19.9 Å². The van der Waals surface area contributed by atoms with E-state index in [0.717, 1.165) is 12.0 Å². The maximum Gasteiger partial charge on any atom is 0.162 e. The molecule has 2 rings (SSSR count). The third-order valence-electron chi connectivity index (χ3n) is 3.08. The summed E-state index contributed by atoms with van der Waals surface area (Å²) in [5, 5.41) is 3.36. The molecule has 1 heterocycles. The number of fused-ring (bicyclic) bond motifs is 1. The topological polar surface area (TPSA) is 12.0 Å². The van der Waals surface area contributed by atoms with Crippen molar-refractivity contribution in [3.63, 3.8) is 0 Å². The fourth-order valence-corrected chi connectivity index (χ4v) is 2.33. The van der Waals surface area contributed by atoms with E-state index in [0.29, 0.717) is 24.4 Å². The summed E-state index contributed by atoms with van der Waals surface area (Å²) in [7, 11) is 0. The van der Waals surface area contributed by atoms with Gasteiger partial charge in [0.05, 0.1) is 0 Å². The lowest BCUT2D eigenvalue weighted by Crippen LogP contribution is -2.37. The Kier molecular flexibility index (Phi) is 3.24. The van der Waals surface area contributed by atoms with E-state index in [1.165, 1.54) is 6.07 Å². The molecule has 1 aromatic rings. The molecule has 1 nitrogen and oxygen atoms in total. The SMILES string of the molecule is CC(C)CC1Cc2c(ccc(F)c2F)CN1. The van der Waals surface area contributed by atoms with Crippen molar-refractivity contribution in [1.82, 2.24) is 5.32 Å². The van der Waals surface area contributed by atoms with Crippen molar-refractivity contribution in [2.75, 3.05) is 0 Å². The van der Waals surface area contributed by atoms with Crippen molar-refractivity contribution >= 4 is 0 Å². The van der Waals surface area contributed by atoms with E-state index < -0.39 is 11.6 Å². The average Bonchev–Trinajstić information content (AvgIpc) is 2.23. The minimum absolute atomic E-state index is 0.267. The molecule has 0 saturated carbocycles. The number of benzene rings is 1. The van der Waals surface area contributed by atoms with Crippen LogP contribution in [0, 0.1) is 17.6 Å². The highest BCUT2D eigenvalue weighted by atomic mass is 19.2. The van der Waals surface area contributed by atoms with Gasteiger partial charge in [-0.15, -0.1) is 0 Å². The summed E-state index contributed by atoms with van der Waals surface area (Å²) in [5.74, 6) is -0.827. The van der Waals surface area contributed by atoms with E-state index in [-0.39, 0.29) is 6.04 Å². The van der Waals surface area contributed by atoms with Gasteiger partial charge in [-0.25, -0.2) is 8.78 Å². The molecular weight excluding hydrogens is 208 g/mol. The first-order valence-electron chi connectivity index (χ1n) is 5.77. The van der Waals surface area contributed by atoms with Gasteiger partial charge in [-0.3, -0.25) is 0 Å². The Morgan fingerprint density at radius 3 is 2.81 bits per heavy atom. The Labute approximate surface area is 94.9 Å². The fraction of sp³-hybridized carbons (Fsp3) is 0.538. The van der Waals surface area contributed by atoms with Crippen molar-refractivity contribution in [3.8, 4) is 0 Å². The first-order valence-corrected chi connectivity index (χ1v) is 5.77. The van der Waals surface area contributed by atoms with Crippen LogP contribution in [0.3, 0.4) is 0 Å². The Balaban J connectivity index is 2.22. The second-order valence-electron chi connectivity index (χ2n) is 4.91. The number of hydrogen-bond acceptors (Lipinski definition) is 1. The van der Waals surface area contributed by atoms with Crippen molar-refractivity contribution in [2.45, 2.75) is 39.3 Å². The zero-order valence-electron chi connectivity index (χ0n) is 9.69. The van der Waals surface area contributed by atoms with Crippen LogP contribution in [-0.2, 0) is 13.0 Å². The molecule has 1 atom stereocenters. The van der Waals surface area contributed by atoms with Crippen LogP contribution in [-0.4, -0.2) is 6.04 Å². The number of nitrogens with one attached hydrogen (secondary N) is 1. The smallest absolute Gasteiger partial charge is 0.162 e. The molecular formula is C13H17F2N. The third-order valence-corrected chi connectivity index (χ3v) is 3.08. The molecule has 0 spiro atoms. The predicted molar refractivity (Wildman–Crippen MR) is 60.1 cm³/mol. The Morgan fingerprint density at radius 2 is 2.12 bits per heavy atom. The summed E-state index contributed by atoms with van der Waals surface area (Å²) in [4.78, 5) is 0. The highest BCUT2D eigenvalue weighted by molar-refractivity contribution is 5.32. The van der Waals surface area contributed by atoms with E-state index >= 15 is 0 Å². The molecule has 0 aromatic heterocycles. The molecule has 0 aliphatic carbocycles. The third kappa shape index (κ3) is 2.24. The van der Waals surface area contributed by atoms with Gasteiger partial charge in [-0.05, 0) is 36.0 Å². The zero-order chi connectivity index (χ0) is 11.7. The number of halogens is 2. The van der Waals surface area contributed by atoms with Gasteiger partial charge in [0.25, 0.3) is 0 Å². The summed E-state index contributed by atoms with van der Waals surface area (Å²) in [6.07, 6.45) is 1.59. The van der Waals surface area contributed by atoms with Crippen LogP contribution < -0.4 is 5.32 Å². The first kappa shape index (κ1) is 11.5. The van der Waals surface area contributed by atoms with E-state index in [4.69, 9.17) is 0 Å². The molecule has 1 N–H and O–H groups in total. The Hall–Kier alpha value is -0.960. The van der Waals surface area contributed by atoms with Crippen molar-refractivity contribution in [2.24, 2.45) is 5.92 Å². The summed E-state index contributed by atoms with van der Waals surface area (Å²) in [5.41, 5.74) is 1.45. The predicted octanol–water partition coefficient (Wildman–Crippen LogP) is 3.03. The van der Waals surface area contributed by atoms with Crippen LogP contribution >= 0.6 is 0 Å². The maximum atomic E-state index is 13.6. The Morgan fingerprint density at radius 1 is 1.38 bits per heavy atom. The number of rotatable bonds is 2. The lowest BCUT2D eigenvalue weighted by molar-refractivity contribution is 0.384. The van der Waals surface area contributed by atoms with Gasteiger partial charge in [0, 0.05) is 12.6 Å². The molecule has 0 bridgehead atoms. The second kappa shape index (κ2) is 4.50. The van der Waals surface area contributed by atoms with E-state index in [1.807, 2.05) is 0 Å². The average molecular weight is 225 g/mol. The van der Waals surface area contributed by atoms with Gasteiger partial charge in [0.15, 0.2) is 11.6 Å². The van der Waals surface area contributed by atoms with Gasteiger partial charge in [-0.2, -0.15) is 0 Å². The molecule has 1 aliphatic heterocycles. The van der Waals surface area contributed by atoms with E-state index in [2.05, 4.69) is 19.2 Å².